The fraction of sp³-hybridized carbons (Fsp3) is 0.375. The van der Waals surface area contributed by atoms with E-state index in [2.05, 4.69) is 20.6 Å². The Labute approximate surface area is 189 Å². The number of carbonyl (C=O) groups is 1. The Morgan fingerprint density at radius 2 is 2.06 bits per heavy atom. The lowest BCUT2D eigenvalue weighted by Crippen LogP contribution is -2.37. The summed E-state index contributed by atoms with van der Waals surface area (Å²) in [5.74, 6) is 0.912. The molecule has 5 N–H and O–H groups in total. The topological polar surface area (TPSA) is 122 Å². The van der Waals surface area contributed by atoms with E-state index in [4.69, 9.17) is 10.5 Å². The van der Waals surface area contributed by atoms with Gasteiger partial charge < -0.3 is 20.9 Å². The zero-order chi connectivity index (χ0) is 22.9. The third-order valence-corrected chi connectivity index (χ3v) is 7.05. The molecule has 1 amide bonds. The normalized spacial score (nSPS) is 24.8. The summed E-state index contributed by atoms with van der Waals surface area (Å²) in [6, 6.07) is 3.35. The van der Waals surface area contributed by atoms with Gasteiger partial charge in [0.2, 0.25) is 0 Å². The van der Waals surface area contributed by atoms with Gasteiger partial charge in [0.05, 0.1) is 23.2 Å². The molecule has 6 rings (SSSR count). The minimum Gasteiger partial charge on any atom is -0.446 e. The minimum absolute atomic E-state index is 0.0000750. The first kappa shape index (κ1) is 20.2. The maximum absolute atomic E-state index is 15.3. The molecule has 33 heavy (non-hydrogen) atoms. The molecule has 2 saturated carbocycles. The number of aliphatic hydroxyl groups excluding tert-OH is 1. The molecule has 8 nitrogen and oxygen atoms in total. The first-order chi connectivity index (χ1) is 15.9. The molecule has 2 fully saturated rings. The van der Waals surface area contributed by atoms with Crippen LogP contribution in [0.3, 0.4) is 0 Å². The molecular formula is C24H24FN5O3. The number of amides is 1. The van der Waals surface area contributed by atoms with Gasteiger partial charge in [-0.3, -0.25) is 10.3 Å². The molecule has 9 heteroatoms. The second kappa shape index (κ2) is 7.28. The highest BCUT2D eigenvalue weighted by molar-refractivity contribution is 5.99. The van der Waals surface area contributed by atoms with Gasteiger partial charge in [-0.2, -0.15) is 0 Å². The van der Waals surface area contributed by atoms with Crippen LogP contribution in [-0.2, 0) is 4.74 Å². The van der Waals surface area contributed by atoms with Crippen molar-refractivity contribution in [2.45, 2.75) is 44.3 Å². The third-order valence-electron chi connectivity index (χ3n) is 7.05. The van der Waals surface area contributed by atoms with E-state index in [9.17, 15) is 9.90 Å². The Kier molecular flexibility index (Phi) is 4.45. The van der Waals surface area contributed by atoms with Crippen molar-refractivity contribution < 1.29 is 19.0 Å². The SMILES string of the molecule is Cc1c(-c2cc3cc(NC(=O)OC4CC(O)C4)ncc3c(N)c2F)cnc2c1NCC1C[C@@H]21. The molecule has 1 aromatic carbocycles. The molecule has 0 spiro atoms. The Bertz CT molecular complexity index is 1310. The number of pyridine rings is 2. The second-order valence-electron chi connectivity index (χ2n) is 9.26. The molecule has 2 aromatic heterocycles. The number of benzene rings is 1. The van der Waals surface area contributed by atoms with Crippen LogP contribution < -0.4 is 16.4 Å². The third kappa shape index (κ3) is 3.34. The van der Waals surface area contributed by atoms with Crippen LogP contribution in [0, 0.1) is 18.7 Å². The smallest absolute Gasteiger partial charge is 0.413 e. The number of rotatable bonds is 3. The van der Waals surface area contributed by atoms with Crippen LogP contribution in [0.4, 0.5) is 26.4 Å². The van der Waals surface area contributed by atoms with E-state index in [1.165, 1.54) is 6.20 Å². The van der Waals surface area contributed by atoms with Crippen LogP contribution in [0.5, 0.6) is 0 Å². The number of nitrogens with one attached hydrogen (secondary N) is 2. The average molecular weight is 449 g/mol. The maximum atomic E-state index is 15.3. The van der Waals surface area contributed by atoms with Crippen LogP contribution >= 0.6 is 0 Å². The summed E-state index contributed by atoms with van der Waals surface area (Å²) < 4.78 is 20.6. The molecule has 2 aliphatic carbocycles. The van der Waals surface area contributed by atoms with Crippen LogP contribution in [-0.4, -0.2) is 39.9 Å². The number of halogens is 1. The number of nitrogens with zero attached hydrogens (tertiary/aromatic N) is 2. The number of ether oxygens (including phenoxy) is 1. The first-order valence-electron chi connectivity index (χ1n) is 11.2. The molecule has 170 valence electrons. The van der Waals surface area contributed by atoms with Gasteiger partial charge in [0, 0.05) is 54.2 Å². The zero-order valence-electron chi connectivity index (χ0n) is 18.1. The fourth-order valence-corrected chi connectivity index (χ4v) is 4.92. The number of fused-ring (bicyclic) bond motifs is 4. The van der Waals surface area contributed by atoms with Gasteiger partial charge in [0.1, 0.15) is 11.9 Å². The predicted octanol–water partition coefficient (Wildman–Crippen LogP) is 3.93. The maximum Gasteiger partial charge on any atom is 0.413 e. The molecule has 0 bridgehead atoms. The van der Waals surface area contributed by atoms with E-state index < -0.39 is 18.0 Å². The number of carbonyl (C=O) groups excluding carboxylic acids is 1. The lowest BCUT2D eigenvalue weighted by Gasteiger charge is -2.30. The monoisotopic (exact) mass is 449 g/mol. The Morgan fingerprint density at radius 1 is 1.24 bits per heavy atom. The average Bonchev–Trinajstić information content (AvgIpc) is 3.56. The van der Waals surface area contributed by atoms with Gasteiger partial charge in [-0.1, -0.05) is 0 Å². The second-order valence-corrected chi connectivity index (χ2v) is 9.26. The van der Waals surface area contributed by atoms with Crippen LogP contribution in [0.1, 0.15) is 36.4 Å². The fourth-order valence-electron chi connectivity index (χ4n) is 4.92. The Hall–Kier alpha value is -3.46. The molecule has 3 aromatic rings. The molecule has 2 atom stereocenters. The summed E-state index contributed by atoms with van der Waals surface area (Å²) >= 11 is 0. The number of anilines is 3. The van der Waals surface area contributed by atoms with Gasteiger partial charge in [-0.25, -0.2) is 14.2 Å². The van der Waals surface area contributed by atoms with Gasteiger partial charge in [0.25, 0.3) is 0 Å². The van der Waals surface area contributed by atoms with Gasteiger partial charge in [-0.15, -0.1) is 0 Å². The van der Waals surface area contributed by atoms with Crippen molar-refractivity contribution >= 4 is 34.1 Å². The number of nitrogens with two attached hydrogens (primary N) is 1. The van der Waals surface area contributed by atoms with Gasteiger partial charge in [0.15, 0.2) is 5.82 Å². The summed E-state index contributed by atoms with van der Waals surface area (Å²) in [6.07, 6.45) is 3.82. The molecule has 3 heterocycles. The highest BCUT2D eigenvalue weighted by atomic mass is 19.1. The van der Waals surface area contributed by atoms with Crippen molar-refractivity contribution in [1.82, 2.24) is 9.97 Å². The van der Waals surface area contributed by atoms with Crippen molar-refractivity contribution in [2.24, 2.45) is 5.92 Å². The number of aromatic nitrogens is 2. The Morgan fingerprint density at radius 3 is 2.85 bits per heavy atom. The number of aliphatic hydroxyl groups is 1. The summed E-state index contributed by atoms with van der Waals surface area (Å²) in [7, 11) is 0. The van der Waals surface area contributed by atoms with Gasteiger partial charge >= 0.3 is 6.09 Å². The summed E-state index contributed by atoms with van der Waals surface area (Å²) in [4.78, 5) is 21.0. The molecular weight excluding hydrogens is 425 g/mol. The van der Waals surface area contributed by atoms with E-state index >= 15 is 4.39 Å². The minimum atomic E-state index is -0.645. The van der Waals surface area contributed by atoms with E-state index in [1.54, 1.807) is 18.3 Å². The van der Waals surface area contributed by atoms with E-state index in [0.717, 1.165) is 29.9 Å². The molecule has 1 aliphatic heterocycles. The van der Waals surface area contributed by atoms with E-state index in [-0.39, 0.29) is 17.6 Å². The Balaban J connectivity index is 1.34. The quantitative estimate of drug-likeness (QED) is 0.447. The molecule has 0 saturated heterocycles. The van der Waals surface area contributed by atoms with Crippen molar-refractivity contribution in [2.75, 3.05) is 22.9 Å². The largest absolute Gasteiger partial charge is 0.446 e. The van der Waals surface area contributed by atoms with Crippen molar-refractivity contribution in [1.29, 1.82) is 0 Å². The van der Waals surface area contributed by atoms with Crippen molar-refractivity contribution in [3.05, 3.63) is 41.6 Å². The summed E-state index contributed by atoms with van der Waals surface area (Å²) in [5.41, 5.74) is 10.2. The molecule has 3 aliphatic rings. The van der Waals surface area contributed by atoms with Gasteiger partial charge in [-0.05, 0) is 42.3 Å². The van der Waals surface area contributed by atoms with Crippen LogP contribution in [0.15, 0.2) is 24.5 Å². The lowest BCUT2D eigenvalue weighted by molar-refractivity contribution is -0.0308. The zero-order valence-corrected chi connectivity index (χ0v) is 18.1. The highest BCUT2D eigenvalue weighted by Crippen LogP contribution is 2.53. The molecule has 0 radical (unpaired) electrons. The molecule has 1 unspecified atom stereocenters. The van der Waals surface area contributed by atoms with E-state index in [1.807, 2.05) is 6.92 Å². The first-order valence-corrected chi connectivity index (χ1v) is 11.2. The summed E-state index contributed by atoms with van der Waals surface area (Å²) in [6.45, 7) is 2.89. The van der Waals surface area contributed by atoms with Crippen LogP contribution in [0.25, 0.3) is 21.9 Å². The van der Waals surface area contributed by atoms with Crippen molar-refractivity contribution in [3.63, 3.8) is 0 Å². The standard InChI is InChI=1S/C24H24FN5O3/c1-10-17(8-29-23-15-3-12(15)7-28-22(10)23)16-2-11-4-19(27-9-18(11)21(26)20(16)25)30-24(32)33-14-5-13(31)6-14/h2,4,8-9,12-15,28,31H,3,5-7,26H2,1H3,(H,27,30,32)/t12?,13?,14?,15-/m1/s1. The van der Waals surface area contributed by atoms with E-state index in [0.29, 0.717) is 46.6 Å². The summed E-state index contributed by atoms with van der Waals surface area (Å²) in [5, 5.41) is 16.5. The predicted molar refractivity (Wildman–Crippen MR) is 123 cm³/mol. The van der Waals surface area contributed by atoms with Crippen molar-refractivity contribution in [3.8, 4) is 11.1 Å². The number of hydrogen-bond acceptors (Lipinski definition) is 7. The lowest BCUT2D eigenvalue weighted by atomic mass is 9.92. The number of hydrogen-bond donors (Lipinski definition) is 4. The highest BCUT2D eigenvalue weighted by Gasteiger charge is 2.44. The van der Waals surface area contributed by atoms with Crippen LogP contribution in [0.2, 0.25) is 0 Å². The number of nitrogen functional groups attached to an aromatic ring is 1.